The SMILES string of the molecule is COc1cn(C(Cc2ccccn2)C(=O)Cc2cc(F)c(C(N)=O)s2)c(=O)cc1-c1cc(Cl)ccc1F. The van der Waals surface area contributed by atoms with Gasteiger partial charge in [0.25, 0.3) is 11.5 Å². The number of nitrogens with two attached hydrogens (primary N) is 1. The van der Waals surface area contributed by atoms with Gasteiger partial charge >= 0.3 is 0 Å². The van der Waals surface area contributed by atoms with Crippen LogP contribution < -0.4 is 16.0 Å². The molecule has 0 saturated heterocycles. The molecule has 0 saturated carbocycles. The van der Waals surface area contributed by atoms with E-state index in [4.69, 9.17) is 22.1 Å². The zero-order valence-electron chi connectivity index (χ0n) is 19.4. The van der Waals surface area contributed by atoms with Gasteiger partial charge in [0.05, 0.1) is 13.3 Å². The number of carbonyl (C=O) groups excluding carboxylic acids is 2. The van der Waals surface area contributed by atoms with Crippen LogP contribution in [-0.2, 0) is 17.6 Å². The topological polar surface area (TPSA) is 104 Å². The van der Waals surface area contributed by atoms with E-state index >= 15 is 0 Å². The van der Waals surface area contributed by atoms with Gasteiger partial charge < -0.3 is 15.0 Å². The van der Waals surface area contributed by atoms with Crippen molar-refractivity contribution in [1.82, 2.24) is 9.55 Å². The van der Waals surface area contributed by atoms with E-state index < -0.39 is 34.9 Å². The smallest absolute Gasteiger partial charge is 0.261 e. The van der Waals surface area contributed by atoms with Gasteiger partial charge in [0.2, 0.25) is 0 Å². The van der Waals surface area contributed by atoms with Crippen molar-refractivity contribution in [2.45, 2.75) is 18.9 Å². The van der Waals surface area contributed by atoms with Crippen molar-refractivity contribution in [3.8, 4) is 16.9 Å². The lowest BCUT2D eigenvalue weighted by Crippen LogP contribution is -2.32. The zero-order valence-corrected chi connectivity index (χ0v) is 21.0. The summed E-state index contributed by atoms with van der Waals surface area (Å²) >= 11 is 6.81. The van der Waals surface area contributed by atoms with Crippen molar-refractivity contribution >= 4 is 34.6 Å². The van der Waals surface area contributed by atoms with Gasteiger partial charge in [-0.1, -0.05) is 17.7 Å². The highest BCUT2D eigenvalue weighted by Crippen LogP contribution is 2.33. The molecule has 4 rings (SSSR count). The molecule has 37 heavy (non-hydrogen) atoms. The summed E-state index contributed by atoms with van der Waals surface area (Å²) in [4.78, 5) is 42.4. The van der Waals surface area contributed by atoms with Crippen LogP contribution in [0.3, 0.4) is 0 Å². The van der Waals surface area contributed by atoms with E-state index in [-0.39, 0.29) is 44.5 Å². The number of carbonyl (C=O) groups is 2. The predicted octanol–water partition coefficient (Wildman–Crippen LogP) is 4.61. The number of rotatable bonds is 9. The lowest BCUT2D eigenvalue weighted by atomic mass is 10.0. The van der Waals surface area contributed by atoms with Crippen molar-refractivity contribution in [1.29, 1.82) is 0 Å². The summed E-state index contributed by atoms with van der Waals surface area (Å²) in [5, 5.41) is 0.268. The molecule has 7 nitrogen and oxygen atoms in total. The Balaban J connectivity index is 1.78. The third-order valence-electron chi connectivity index (χ3n) is 5.63. The van der Waals surface area contributed by atoms with E-state index in [0.717, 1.165) is 17.4 Å². The molecule has 2 N–H and O–H groups in total. The first-order chi connectivity index (χ1) is 17.7. The van der Waals surface area contributed by atoms with Crippen molar-refractivity contribution in [2.75, 3.05) is 7.11 Å². The van der Waals surface area contributed by atoms with E-state index in [2.05, 4.69) is 4.98 Å². The number of halogens is 3. The molecular weight excluding hydrogens is 524 g/mol. The molecule has 1 unspecified atom stereocenters. The first-order valence-corrected chi connectivity index (χ1v) is 12.1. The highest BCUT2D eigenvalue weighted by atomic mass is 35.5. The van der Waals surface area contributed by atoms with Gasteiger partial charge in [-0.05, 0) is 36.4 Å². The lowest BCUT2D eigenvalue weighted by Gasteiger charge is -2.21. The number of methoxy groups -OCH3 is 1. The second-order valence-corrected chi connectivity index (χ2v) is 9.64. The van der Waals surface area contributed by atoms with Crippen LogP contribution in [-0.4, -0.2) is 28.4 Å². The summed E-state index contributed by atoms with van der Waals surface area (Å²) < 4.78 is 35.3. The second-order valence-electron chi connectivity index (χ2n) is 8.06. The molecule has 3 aromatic heterocycles. The highest BCUT2D eigenvalue weighted by Gasteiger charge is 2.26. The molecule has 1 atom stereocenters. The lowest BCUT2D eigenvalue weighted by molar-refractivity contribution is -0.121. The molecule has 3 heterocycles. The minimum Gasteiger partial charge on any atom is -0.495 e. The molecule has 1 amide bonds. The summed E-state index contributed by atoms with van der Waals surface area (Å²) in [7, 11) is 1.35. The molecule has 0 fully saturated rings. The Morgan fingerprint density at radius 3 is 2.57 bits per heavy atom. The fraction of sp³-hybridized carbons (Fsp3) is 0.154. The molecule has 0 aliphatic carbocycles. The van der Waals surface area contributed by atoms with Crippen molar-refractivity contribution in [2.24, 2.45) is 5.73 Å². The number of hydrogen-bond acceptors (Lipinski definition) is 6. The van der Waals surface area contributed by atoms with Gasteiger partial charge in [0, 0.05) is 51.8 Å². The van der Waals surface area contributed by atoms with E-state index in [9.17, 15) is 23.2 Å². The number of ether oxygens (including phenoxy) is 1. The number of pyridine rings is 2. The van der Waals surface area contributed by atoms with E-state index in [1.54, 1.807) is 24.4 Å². The highest BCUT2D eigenvalue weighted by molar-refractivity contribution is 7.14. The Morgan fingerprint density at radius 1 is 1.14 bits per heavy atom. The molecule has 0 spiro atoms. The quantitative estimate of drug-likeness (QED) is 0.332. The Kier molecular flexibility index (Phi) is 7.80. The van der Waals surface area contributed by atoms with Gasteiger partial charge in [0.1, 0.15) is 28.3 Å². The number of benzene rings is 1. The number of primary amides is 1. The Hall–Kier alpha value is -3.89. The summed E-state index contributed by atoms with van der Waals surface area (Å²) in [5.74, 6) is -2.65. The number of Topliss-reactive ketones (excluding diaryl/α,β-unsaturated/α-hetero) is 1. The van der Waals surface area contributed by atoms with Crippen LogP contribution in [0.4, 0.5) is 8.78 Å². The maximum absolute atomic E-state index is 14.6. The van der Waals surface area contributed by atoms with Gasteiger partial charge in [-0.25, -0.2) is 8.78 Å². The molecule has 4 aromatic rings. The third-order valence-corrected chi connectivity index (χ3v) is 6.99. The zero-order chi connectivity index (χ0) is 26.7. The molecule has 11 heteroatoms. The van der Waals surface area contributed by atoms with Crippen LogP contribution >= 0.6 is 22.9 Å². The molecule has 0 bridgehead atoms. The van der Waals surface area contributed by atoms with Crippen molar-refractivity contribution in [3.05, 3.63) is 103 Å². The summed E-state index contributed by atoms with van der Waals surface area (Å²) in [5.41, 5.74) is 5.36. The standard InChI is InChI=1S/C26H20ClF2N3O4S/c1-36-23-13-32(24(34)12-18(23)17-8-14(27)5-6-19(17)28)21(9-15-4-2-3-7-31-15)22(33)11-16-10-20(29)25(37-16)26(30)35/h2-8,10,12-13,21H,9,11H2,1H3,(H2,30,35). The number of ketones is 1. The predicted molar refractivity (Wildman–Crippen MR) is 136 cm³/mol. The Labute approximate surface area is 219 Å². The van der Waals surface area contributed by atoms with Crippen molar-refractivity contribution < 1.29 is 23.1 Å². The fourth-order valence-corrected chi connectivity index (χ4v) is 4.96. The average Bonchev–Trinajstić information content (AvgIpc) is 3.24. The minimum atomic E-state index is -1.06. The molecule has 0 aliphatic rings. The van der Waals surface area contributed by atoms with Gasteiger partial charge in [-0.15, -0.1) is 11.3 Å². The second kappa shape index (κ2) is 11.0. The Bertz CT molecular complexity index is 1540. The molecule has 0 aliphatic heterocycles. The maximum atomic E-state index is 14.6. The van der Waals surface area contributed by atoms with Crippen LogP contribution in [0.25, 0.3) is 11.1 Å². The molecule has 0 radical (unpaired) electrons. The number of aromatic nitrogens is 2. The fourth-order valence-electron chi connectivity index (χ4n) is 3.89. The number of amides is 1. The van der Waals surface area contributed by atoms with E-state index in [0.29, 0.717) is 5.69 Å². The molecule has 1 aromatic carbocycles. The monoisotopic (exact) mass is 543 g/mol. The number of thiophene rings is 1. The van der Waals surface area contributed by atoms with Crippen LogP contribution in [0.1, 0.15) is 26.3 Å². The first kappa shape index (κ1) is 26.2. The molecule has 190 valence electrons. The van der Waals surface area contributed by atoms with Crippen LogP contribution in [0.15, 0.2) is 65.7 Å². The van der Waals surface area contributed by atoms with E-state index in [1.165, 1.54) is 42.1 Å². The van der Waals surface area contributed by atoms with E-state index in [1.807, 2.05) is 0 Å². The van der Waals surface area contributed by atoms with Gasteiger partial charge in [-0.3, -0.25) is 19.4 Å². The van der Waals surface area contributed by atoms with Crippen LogP contribution in [0, 0.1) is 11.6 Å². The largest absolute Gasteiger partial charge is 0.495 e. The number of nitrogens with zero attached hydrogens (tertiary/aromatic N) is 2. The minimum absolute atomic E-state index is 0.0458. The first-order valence-electron chi connectivity index (χ1n) is 10.9. The summed E-state index contributed by atoms with van der Waals surface area (Å²) in [6.07, 6.45) is 2.67. The average molecular weight is 544 g/mol. The van der Waals surface area contributed by atoms with Crippen molar-refractivity contribution in [3.63, 3.8) is 0 Å². The van der Waals surface area contributed by atoms with Crippen LogP contribution in [0.2, 0.25) is 5.02 Å². The number of hydrogen-bond donors (Lipinski definition) is 1. The third kappa shape index (κ3) is 5.76. The van der Waals surface area contributed by atoms with Crippen LogP contribution in [0.5, 0.6) is 5.75 Å². The molecular formula is C26H20ClF2N3O4S. The van der Waals surface area contributed by atoms with Gasteiger partial charge in [0.15, 0.2) is 5.78 Å². The summed E-state index contributed by atoms with van der Waals surface area (Å²) in [6.45, 7) is 0. The summed E-state index contributed by atoms with van der Waals surface area (Å²) in [6, 6.07) is 10.3. The maximum Gasteiger partial charge on any atom is 0.261 e. The Morgan fingerprint density at radius 2 is 1.92 bits per heavy atom. The normalized spacial score (nSPS) is 11.8. The van der Waals surface area contributed by atoms with Gasteiger partial charge in [-0.2, -0.15) is 0 Å².